The molecule has 0 radical (unpaired) electrons. The molecule has 0 aliphatic rings. The Bertz CT molecular complexity index is 153. The number of nitriles is 1. The molecular formula is C9H17BrN2. The summed E-state index contributed by atoms with van der Waals surface area (Å²) in [6.45, 7) is 5.34. The van der Waals surface area contributed by atoms with E-state index in [4.69, 9.17) is 5.26 Å². The van der Waals surface area contributed by atoms with Crippen LogP contribution in [0.3, 0.4) is 0 Å². The highest BCUT2D eigenvalue weighted by Crippen LogP contribution is 2.06. The van der Waals surface area contributed by atoms with E-state index < -0.39 is 0 Å². The molecule has 0 aromatic rings. The van der Waals surface area contributed by atoms with Gasteiger partial charge < -0.3 is 4.90 Å². The molecule has 0 aliphatic carbocycles. The molecule has 0 N–H and O–H groups in total. The minimum Gasteiger partial charge on any atom is -0.302 e. The first-order valence-electron chi connectivity index (χ1n) is 4.25. The van der Waals surface area contributed by atoms with E-state index >= 15 is 0 Å². The van der Waals surface area contributed by atoms with Crippen LogP contribution in [0.25, 0.3) is 0 Å². The van der Waals surface area contributed by atoms with Crippen molar-refractivity contribution in [2.24, 2.45) is 5.92 Å². The third kappa shape index (κ3) is 4.74. The van der Waals surface area contributed by atoms with Gasteiger partial charge in [-0.25, -0.2) is 0 Å². The second-order valence-electron chi connectivity index (χ2n) is 3.41. The maximum Gasteiger partial charge on any atom is 0.0638 e. The minimum absolute atomic E-state index is 0.372. The van der Waals surface area contributed by atoms with Crippen LogP contribution in [0.4, 0.5) is 0 Å². The van der Waals surface area contributed by atoms with Crippen LogP contribution in [-0.2, 0) is 0 Å². The Morgan fingerprint density at radius 1 is 1.50 bits per heavy atom. The monoisotopic (exact) mass is 232 g/mol. The number of alkyl halides is 1. The number of nitrogens with zero attached hydrogens (tertiary/aromatic N) is 2. The van der Waals surface area contributed by atoms with Crippen molar-refractivity contribution in [3.8, 4) is 6.07 Å². The van der Waals surface area contributed by atoms with Crippen molar-refractivity contribution in [3.63, 3.8) is 0 Å². The van der Waals surface area contributed by atoms with Gasteiger partial charge in [0, 0.05) is 17.9 Å². The third-order valence-corrected chi connectivity index (χ3v) is 3.11. The largest absolute Gasteiger partial charge is 0.302 e. The smallest absolute Gasteiger partial charge is 0.0638 e. The van der Waals surface area contributed by atoms with Gasteiger partial charge in [0.15, 0.2) is 0 Å². The van der Waals surface area contributed by atoms with E-state index in [2.05, 4.69) is 47.8 Å². The Labute approximate surface area is 83.7 Å². The van der Waals surface area contributed by atoms with Gasteiger partial charge in [-0.05, 0) is 19.9 Å². The highest BCUT2D eigenvalue weighted by molar-refractivity contribution is 9.09. The summed E-state index contributed by atoms with van der Waals surface area (Å²) in [6, 6.07) is 2.56. The van der Waals surface area contributed by atoms with Crippen LogP contribution in [0.1, 0.15) is 20.3 Å². The molecule has 70 valence electrons. The molecule has 0 heterocycles. The lowest BCUT2D eigenvalue weighted by atomic mass is 10.1. The van der Waals surface area contributed by atoms with Gasteiger partial charge in [0.05, 0.1) is 12.5 Å². The van der Waals surface area contributed by atoms with E-state index in [1.165, 1.54) is 0 Å². The summed E-state index contributed by atoms with van der Waals surface area (Å²) in [7, 11) is 2.07. The third-order valence-electron chi connectivity index (χ3n) is 2.00. The van der Waals surface area contributed by atoms with E-state index in [9.17, 15) is 0 Å². The molecular weight excluding hydrogens is 216 g/mol. The lowest BCUT2D eigenvalue weighted by molar-refractivity contribution is 0.235. The standard InChI is InChI=1S/C9H17BrN2/c1-8(6-10)7-12(3)9(2)4-5-11/h8-9H,4,6-7H2,1-3H3. The van der Waals surface area contributed by atoms with Gasteiger partial charge in [-0.3, -0.25) is 0 Å². The van der Waals surface area contributed by atoms with Crippen LogP contribution in [-0.4, -0.2) is 29.9 Å². The number of rotatable bonds is 5. The molecule has 0 spiro atoms. The molecule has 0 saturated carbocycles. The molecule has 0 aliphatic heterocycles. The Hall–Kier alpha value is -0.0700. The fourth-order valence-corrected chi connectivity index (χ4v) is 1.21. The first kappa shape index (κ1) is 11.9. The molecule has 3 heteroatoms. The first-order chi connectivity index (χ1) is 5.61. The summed E-state index contributed by atoms with van der Waals surface area (Å²) < 4.78 is 0. The van der Waals surface area contributed by atoms with E-state index in [1.807, 2.05) is 0 Å². The van der Waals surface area contributed by atoms with Crippen molar-refractivity contribution in [3.05, 3.63) is 0 Å². The van der Waals surface area contributed by atoms with E-state index in [1.54, 1.807) is 0 Å². The molecule has 0 fully saturated rings. The second-order valence-corrected chi connectivity index (χ2v) is 4.06. The molecule has 0 rings (SSSR count). The Morgan fingerprint density at radius 3 is 2.50 bits per heavy atom. The van der Waals surface area contributed by atoms with Crippen molar-refractivity contribution >= 4 is 15.9 Å². The lowest BCUT2D eigenvalue weighted by Gasteiger charge is -2.24. The van der Waals surface area contributed by atoms with Crippen molar-refractivity contribution < 1.29 is 0 Å². The maximum atomic E-state index is 8.49. The summed E-state index contributed by atoms with van der Waals surface area (Å²) in [5, 5.41) is 9.52. The quantitative estimate of drug-likeness (QED) is 0.681. The van der Waals surface area contributed by atoms with Crippen LogP contribution < -0.4 is 0 Å². The van der Waals surface area contributed by atoms with Crippen molar-refractivity contribution in [2.45, 2.75) is 26.3 Å². The minimum atomic E-state index is 0.372. The van der Waals surface area contributed by atoms with E-state index in [0.29, 0.717) is 18.4 Å². The summed E-state index contributed by atoms with van der Waals surface area (Å²) in [6.07, 6.45) is 0.617. The Balaban J connectivity index is 3.71. The van der Waals surface area contributed by atoms with Crippen LogP contribution in [0.2, 0.25) is 0 Å². The van der Waals surface area contributed by atoms with Gasteiger partial charge in [0.1, 0.15) is 0 Å². The van der Waals surface area contributed by atoms with Crippen LogP contribution in [0.5, 0.6) is 0 Å². The number of halogens is 1. The van der Waals surface area contributed by atoms with Crippen molar-refractivity contribution in [1.29, 1.82) is 5.26 Å². The highest BCUT2D eigenvalue weighted by Gasteiger charge is 2.10. The average molecular weight is 233 g/mol. The predicted octanol–water partition coefficient (Wildman–Crippen LogP) is 2.25. The summed E-state index contributed by atoms with van der Waals surface area (Å²) >= 11 is 3.44. The van der Waals surface area contributed by atoms with Crippen LogP contribution in [0, 0.1) is 17.2 Å². The molecule has 2 atom stereocenters. The van der Waals surface area contributed by atoms with Crippen LogP contribution in [0.15, 0.2) is 0 Å². The summed E-state index contributed by atoms with van der Waals surface area (Å²) in [5.74, 6) is 0.649. The normalized spacial score (nSPS) is 15.7. The van der Waals surface area contributed by atoms with Gasteiger partial charge in [0.25, 0.3) is 0 Å². The number of hydrogen-bond donors (Lipinski definition) is 0. The lowest BCUT2D eigenvalue weighted by Crippen LogP contribution is -2.33. The molecule has 0 aromatic heterocycles. The molecule has 2 nitrogen and oxygen atoms in total. The zero-order chi connectivity index (χ0) is 9.56. The molecule has 0 amide bonds. The molecule has 0 aromatic carbocycles. The maximum absolute atomic E-state index is 8.49. The SMILES string of the molecule is CC(CBr)CN(C)C(C)CC#N. The van der Waals surface area contributed by atoms with Crippen molar-refractivity contribution in [1.82, 2.24) is 4.90 Å². The van der Waals surface area contributed by atoms with Crippen LogP contribution >= 0.6 is 15.9 Å². The van der Waals surface area contributed by atoms with Gasteiger partial charge in [0.2, 0.25) is 0 Å². The topological polar surface area (TPSA) is 27.0 Å². The first-order valence-corrected chi connectivity index (χ1v) is 5.37. The molecule has 12 heavy (non-hydrogen) atoms. The molecule has 2 unspecified atom stereocenters. The highest BCUT2D eigenvalue weighted by atomic mass is 79.9. The van der Waals surface area contributed by atoms with Gasteiger partial charge in [-0.2, -0.15) is 5.26 Å². The number of hydrogen-bond acceptors (Lipinski definition) is 2. The Kier molecular flexibility index (Phi) is 6.41. The van der Waals surface area contributed by atoms with Crippen molar-refractivity contribution in [2.75, 3.05) is 18.9 Å². The fourth-order valence-electron chi connectivity index (χ4n) is 1.01. The van der Waals surface area contributed by atoms with Gasteiger partial charge >= 0.3 is 0 Å². The summed E-state index contributed by atoms with van der Waals surface area (Å²) in [4.78, 5) is 2.23. The molecule has 0 bridgehead atoms. The predicted molar refractivity (Wildman–Crippen MR) is 55.3 cm³/mol. The van der Waals surface area contributed by atoms with Gasteiger partial charge in [-0.1, -0.05) is 22.9 Å². The van der Waals surface area contributed by atoms with Gasteiger partial charge in [-0.15, -0.1) is 0 Å². The fraction of sp³-hybridized carbons (Fsp3) is 0.889. The zero-order valence-electron chi connectivity index (χ0n) is 8.05. The average Bonchev–Trinajstić information content (AvgIpc) is 2.04. The second kappa shape index (κ2) is 6.45. The zero-order valence-corrected chi connectivity index (χ0v) is 9.63. The van der Waals surface area contributed by atoms with E-state index in [-0.39, 0.29) is 0 Å². The summed E-state index contributed by atoms with van der Waals surface area (Å²) in [5.41, 5.74) is 0. The molecule has 0 saturated heterocycles. The Morgan fingerprint density at radius 2 is 2.08 bits per heavy atom. The van der Waals surface area contributed by atoms with E-state index in [0.717, 1.165) is 11.9 Å².